The molecule has 0 unspecified atom stereocenters. The van der Waals surface area contributed by atoms with Crippen LogP contribution in [0, 0.1) is 12.2 Å². The Kier molecular flexibility index (Phi) is 15.9. The van der Waals surface area contributed by atoms with Crippen molar-refractivity contribution in [2.24, 2.45) is 0 Å². The van der Waals surface area contributed by atoms with Crippen LogP contribution in [0.5, 0.6) is 11.5 Å². The summed E-state index contributed by atoms with van der Waals surface area (Å²) in [6.07, 6.45) is 12.6. The van der Waals surface area contributed by atoms with Gasteiger partial charge in [0, 0.05) is 0 Å². The van der Waals surface area contributed by atoms with Crippen LogP contribution in [0.3, 0.4) is 0 Å². The number of benzene rings is 2. The van der Waals surface area contributed by atoms with Gasteiger partial charge >= 0.3 is 26.2 Å². The van der Waals surface area contributed by atoms with E-state index in [1.54, 1.807) is 36.4 Å². The quantitative estimate of drug-likeness (QED) is 0.289. The fraction of sp³-hybridized carbons (Fsp3) is 0.231. The van der Waals surface area contributed by atoms with E-state index in [1.165, 1.54) is 22.3 Å². The summed E-state index contributed by atoms with van der Waals surface area (Å²) in [4.78, 5) is 0. The maximum Gasteiger partial charge on any atom is 2.00 e. The number of aromatic hydroxyl groups is 2. The maximum atomic E-state index is 8.87. The van der Waals surface area contributed by atoms with Gasteiger partial charge in [0.2, 0.25) is 0 Å². The van der Waals surface area contributed by atoms with Gasteiger partial charge in [0.25, 0.3) is 0 Å². The Morgan fingerprint density at radius 2 is 0.968 bits per heavy atom. The van der Waals surface area contributed by atoms with Crippen molar-refractivity contribution in [1.82, 2.24) is 0 Å². The summed E-state index contributed by atoms with van der Waals surface area (Å²) in [6, 6.07) is 14.1. The first-order valence-electron chi connectivity index (χ1n) is 9.58. The summed E-state index contributed by atoms with van der Waals surface area (Å²) in [5.41, 5.74) is 5.56. The molecular weight excluding hydrogens is 595 g/mol. The molecule has 2 N–H and O–H groups in total. The largest absolute Gasteiger partial charge is 2.00 e. The summed E-state index contributed by atoms with van der Waals surface area (Å²) < 4.78 is 1.47. The maximum absolute atomic E-state index is 8.87. The van der Waals surface area contributed by atoms with Crippen molar-refractivity contribution in [2.75, 3.05) is 0 Å². The first-order valence-corrected chi connectivity index (χ1v) is 11.2. The summed E-state index contributed by atoms with van der Waals surface area (Å²) in [6.45, 7) is 8.48. The smallest absolute Gasteiger partial charge is 0.507 e. The molecule has 2 aromatic rings. The summed E-state index contributed by atoms with van der Waals surface area (Å²) in [5, 5.41) is 17.7. The number of hydrogen-bond acceptors (Lipinski definition) is 2. The van der Waals surface area contributed by atoms with Crippen molar-refractivity contribution >= 4 is 31.9 Å². The van der Waals surface area contributed by atoms with Crippen LogP contribution in [0.2, 0.25) is 0 Å². The Bertz CT molecular complexity index is 824. The van der Waals surface area contributed by atoms with E-state index in [2.05, 4.69) is 83.9 Å². The molecule has 0 bridgehead atoms. The zero-order chi connectivity index (χ0) is 22.5. The van der Waals surface area contributed by atoms with E-state index in [9.17, 15) is 0 Å². The van der Waals surface area contributed by atoms with Gasteiger partial charge < -0.3 is 10.2 Å². The van der Waals surface area contributed by atoms with E-state index in [4.69, 9.17) is 10.2 Å². The Balaban J connectivity index is 0.000000384. The average Bonchev–Trinajstić information content (AvgIpc) is 3.29. The Morgan fingerprint density at radius 3 is 1.10 bits per heavy atom. The average molecular weight is 624 g/mol. The second-order valence-electron chi connectivity index (χ2n) is 6.82. The fourth-order valence-corrected chi connectivity index (χ4v) is 2.74. The molecule has 5 heteroatoms. The molecular formula is C26H28Br2O2Zr. The first kappa shape index (κ1) is 29.8. The van der Waals surface area contributed by atoms with Crippen molar-refractivity contribution < 1.29 is 36.4 Å². The Hall–Kier alpha value is -1.16. The number of phenolic OH excluding ortho intramolecular Hbond substituents is 2. The van der Waals surface area contributed by atoms with Crippen LogP contribution in [0.1, 0.15) is 40.5 Å². The molecule has 0 aliphatic heterocycles. The summed E-state index contributed by atoms with van der Waals surface area (Å²) in [5.74, 6) is 0.569. The summed E-state index contributed by atoms with van der Waals surface area (Å²) >= 11 is 6.29. The number of phenols is 2. The van der Waals surface area contributed by atoms with Gasteiger partial charge in [-0.15, -0.1) is 13.8 Å². The molecule has 162 valence electrons. The van der Waals surface area contributed by atoms with Crippen LogP contribution >= 0.6 is 31.9 Å². The zero-order valence-electron chi connectivity index (χ0n) is 18.3. The molecule has 0 aromatic heterocycles. The van der Waals surface area contributed by atoms with Crippen LogP contribution in [-0.4, -0.2) is 10.2 Å². The molecule has 0 amide bonds. The summed E-state index contributed by atoms with van der Waals surface area (Å²) in [7, 11) is 0. The van der Waals surface area contributed by atoms with Crippen LogP contribution < -0.4 is 0 Å². The third kappa shape index (κ3) is 12.5. The minimum absolute atomic E-state index is 0. The molecule has 2 aromatic carbocycles. The second-order valence-corrected chi connectivity index (χ2v) is 8.53. The molecule has 0 radical (unpaired) electrons. The molecule has 0 fully saturated rings. The predicted octanol–water partition coefficient (Wildman–Crippen LogP) is 8.48. The number of hydrogen-bond donors (Lipinski definition) is 2. The van der Waals surface area contributed by atoms with E-state index in [0.29, 0.717) is 0 Å². The van der Waals surface area contributed by atoms with Crippen LogP contribution in [-0.2, 0) is 26.2 Å². The normalized spacial score (nSPS) is 13.4. The number of rotatable bonds is 0. The van der Waals surface area contributed by atoms with Gasteiger partial charge in [-0.2, -0.15) is 12.2 Å². The SMILES string of the molecule is CC1=C(C)CC=[C-]1.CC1=C(C)CC=[C-]1.Oc1ccccc1Br.Oc1ccccc1Br.[Zr+2]. The molecule has 0 spiro atoms. The minimum Gasteiger partial charge on any atom is -0.507 e. The van der Waals surface area contributed by atoms with Crippen LogP contribution in [0.25, 0.3) is 0 Å². The fourth-order valence-electron chi connectivity index (χ4n) is 2.17. The van der Waals surface area contributed by atoms with Crippen molar-refractivity contribution in [1.29, 1.82) is 0 Å². The van der Waals surface area contributed by atoms with Gasteiger partial charge in [0.05, 0.1) is 8.95 Å². The van der Waals surface area contributed by atoms with E-state index in [1.807, 2.05) is 12.1 Å². The molecule has 2 aliphatic carbocycles. The Morgan fingerprint density at radius 1 is 0.645 bits per heavy atom. The van der Waals surface area contributed by atoms with E-state index >= 15 is 0 Å². The van der Waals surface area contributed by atoms with E-state index in [-0.39, 0.29) is 37.7 Å². The van der Waals surface area contributed by atoms with Gasteiger partial charge in [-0.1, -0.05) is 51.0 Å². The topological polar surface area (TPSA) is 40.5 Å². The molecule has 2 nitrogen and oxygen atoms in total. The predicted molar refractivity (Wildman–Crippen MR) is 133 cm³/mol. The van der Waals surface area contributed by atoms with Gasteiger partial charge in [0.1, 0.15) is 11.5 Å². The van der Waals surface area contributed by atoms with Gasteiger partial charge in [-0.05, 0) is 56.1 Å². The van der Waals surface area contributed by atoms with Crippen LogP contribution in [0.4, 0.5) is 0 Å². The molecule has 31 heavy (non-hydrogen) atoms. The first-order chi connectivity index (χ1) is 14.2. The molecule has 2 aliphatic rings. The molecule has 0 saturated heterocycles. The molecule has 0 atom stereocenters. The molecule has 4 rings (SSSR count). The molecule has 0 heterocycles. The Labute approximate surface area is 222 Å². The second kappa shape index (κ2) is 16.5. The van der Waals surface area contributed by atoms with Crippen molar-refractivity contribution in [3.63, 3.8) is 0 Å². The standard InChI is InChI=1S/2C7H9.2C6H5BrO.Zr/c2*1-6-4-3-5-7(6)2;2*7-5-3-1-2-4-6(5)8;/h2*3H,4H2,1-2H3;2*1-4,8H;/q2*-1;;;+2. The third-order valence-electron chi connectivity index (χ3n) is 4.44. The van der Waals surface area contributed by atoms with Crippen LogP contribution in [0.15, 0.2) is 91.9 Å². The third-order valence-corrected chi connectivity index (χ3v) is 5.78. The van der Waals surface area contributed by atoms with E-state index in [0.717, 1.165) is 21.8 Å². The van der Waals surface area contributed by atoms with Gasteiger partial charge in [-0.3, -0.25) is 12.2 Å². The number of allylic oxidation sites excluding steroid dienone is 8. The van der Waals surface area contributed by atoms with Gasteiger partial charge in [0.15, 0.2) is 0 Å². The molecule has 0 saturated carbocycles. The minimum atomic E-state index is 0. The monoisotopic (exact) mass is 620 g/mol. The van der Waals surface area contributed by atoms with Crippen molar-refractivity contribution in [3.05, 3.63) is 104 Å². The zero-order valence-corrected chi connectivity index (χ0v) is 24.0. The van der Waals surface area contributed by atoms with E-state index < -0.39 is 0 Å². The number of halogens is 2. The van der Waals surface area contributed by atoms with Crippen molar-refractivity contribution in [3.8, 4) is 11.5 Å². The van der Waals surface area contributed by atoms with Crippen molar-refractivity contribution in [2.45, 2.75) is 40.5 Å². The number of para-hydroxylation sites is 2. The van der Waals surface area contributed by atoms with Gasteiger partial charge in [-0.25, -0.2) is 22.3 Å².